The highest BCUT2D eigenvalue weighted by molar-refractivity contribution is 9.10. The summed E-state index contributed by atoms with van der Waals surface area (Å²) >= 11 is 3.62. The third kappa shape index (κ3) is 5.84. The average molecular weight is 470 g/mol. The lowest BCUT2D eigenvalue weighted by atomic mass is 10.1. The average Bonchev–Trinajstić information content (AvgIpc) is 2.75. The van der Waals surface area contributed by atoms with Gasteiger partial charge in [0.15, 0.2) is 11.5 Å². The first-order valence-corrected chi connectivity index (χ1v) is 10.3. The summed E-state index contributed by atoms with van der Waals surface area (Å²) in [5.74, 6) is 0.432. The zero-order valence-electron chi connectivity index (χ0n) is 16.9. The maximum Gasteiger partial charge on any atom is 0.335 e. The van der Waals surface area contributed by atoms with Crippen molar-refractivity contribution in [2.75, 3.05) is 7.11 Å². The van der Waals surface area contributed by atoms with E-state index < -0.39 is 5.97 Å². The predicted molar refractivity (Wildman–Crippen MR) is 120 cm³/mol. The van der Waals surface area contributed by atoms with Crippen LogP contribution in [0.25, 0.3) is 0 Å². The highest BCUT2D eigenvalue weighted by atomic mass is 79.9. The minimum Gasteiger partial charge on any atom is -0.493 e. The summed E-state index contributed by atoms with van der Waals surface area (Å²) in [5, 5.41) is 12.3. The van der Waals surface area contributed by atoms with E-state index in [1.165, 1.54) is 5.56 Å². The fourth-order valence-electron chi connectivity index (χ4n) is 2.94. The van der Waals surface area contributed by atoms with E-state index in [4.69, 9.17) is 14.6 Å². The first-order chi connectivity index (χ1) is 14.5. The lowest BCUT2D eigenvalue weighted by molar-refractivity contribution is 0.0697. The number of carboxylic acids is 1. The van der Waals surface area contributed by atoms with E-state index >= 15 is 0 Å². The Labute approximate surface area is 184 Å². The number of benzene rings is 3. The van der Waals surface area contributed by atoms with Gasteiger partial charge in [-0.3, -0.25) is 0 Å². The third-order valence-corrected chi connectivity index (χ3v) is 5.43. The minimum absolute atomic E-state index is 0.285. The maximum absolute atomic E-state index is 10.9. The molecule has 0 saturated heterocycles. The molecule has 0 aliphatic carbocycles. The third-order valence-electron chi connectivity index (χ3n) is 4.69. The fraction of sp³-hybridized carbons (Fsp3) is 0.208. The first-order valence-electron chi connectivity index (χ1n) is 9.54. The molecule has 30 heavy (non-hydrogen) atoms. The number of nitrogens with one attached hydrogen (secondary N) is 1. The number of ether oxygens (including phenoxy) is 2. The molecule has 3 rings (SSSR count). The molecule has 5 nitrogen and oxygen atoms in total. The molecule has 0 fully saturated rings. The Morgan fingerprint density at radius 3 is 2.27 bits per heavy atom. The molecule has 2 N–H and O–H groups in total. The molecule has 0 atom stereocenters. The molecule has 0 aliphatic rings. The monoisotopic (exact) mass is 469 g/mol. The molecule has 0 aliphatic heterocycles. The van der Waals surface area contributed by atoms with Gasteiger partial charge < -0.3 is 19.9 Å². The quantitative estimate of drug-likeness (QED) is 0.443. The van der Waals surface area contributed by atoms with Crippen molar-refractivity contribution in [2.24, 2.45) is 0 Å². The first kappa shape index (κ1) is 21.9. The largest absolute Gasteiger partial charge is 0.493 e. The normalized spacial score (nSPS) is 10.6. The van der Waals surface area contributed by atoms with Gasteiger partial charge >= 0.3 is 5.97 Å². The van der Waals surface area contributed by atoms with Crippen molar-refractivity contribution in [2.45, 2.75) is 26.6 Å². The number of hydrogen-bond acceptors (Lipinski definition) is 4. The molecule has 6 heteroatoms. The van der Waals surface area contributed by atoms with Crippen molar-refractivity contribution in [3.8, 4) is 11.5 Å². The maximum atomic E-state index is 10.9. The topological polar surface area (TPSA) is 67.8 Å². The van der Waals surface area contributed by atoms with E-state index in [1.807, 2.05) is 24.3 Å². The summed E-state index contributed by atoms with van der Waals surface area (Å²) in [6.07, 6.45) is 0. The molecule has 0 aromatic heterocycles. The van der Waals surface area contributed by atoms with Gasteiger partial charge in [-0.25, -0.2) is 4.79 Å². The molecule has 3 aromatic carbocycles. The highest BCUT2D eigenvalue weighted by Gasteiger charge is 2.11. The minimum atomic E-state index is -0.921. The second-order valence-corrected chi connectivity index (χ2v) is 7.83. The zero-order chi connectivity index (χ0) is 21.5. The Morgan fingerprint density at radius 1 is 0.967 bits per heavy atom. The molecule has 0 saturated carbocycles. The summed E-state index contributed by atoms with van der Waals surface area (Å²) in [4.78, 5) is 10.9. The number of aromatic carboxylic acids is 1. The van der Waals surface area contributed by atoms with Crippen molar-refractivity contribution in [1.29, 1.82) is 0 Å². The number of hydrogen-bond donors (Lipinski definition) is 2. The Kier molecular flexibility index (Phi) is 7.49. The molecule has 3 aromatic rings. The number of halogens is 1. The van der Waals surface area contributed by atoms with Crippen LogP contribution < -0.4 is 14.8 Å². The van der Waals surface area contributed by atoms with Crippen LogP contribution in [0.1, 0.15) is 32.6 Å². The smallest absolute Gasteiger partial charge is 0.335 e. The molecule has 0 spiro atoms. The van der Waals surface area contributed by atoms with E-state index in [0.29, 0.717) is 31.2 Å². The van der Waals surface area contributed by atoms with E-state index in [2.05, 4.69) is 52.4 Å². The second kappa shape index (κ2) is 10.3. The van der Waals surface area contributed by atoms with Crippen LogP contribution in [-0.4, -0.2) is 18.2 Å². The van der Waals surface area contributed by atoms with Crippen molar-refractivity contribution in [3.63, 3.8) is 0 Å². The lowest BCUT2D eigenvalue weighted by Gasteiger charge is -2.15. The van der Waals surface area contributed by atoms with Gasteiger partial charge in [0.2, 0.25) is 0 Å². The number of aryl methyl sites for hydroxylation is 1. The summed E-state index contributed by atoms with van der Waals surface area (Å²) in [5.41, 5.74) is 4.65. The molecule has 0 unspecified atom stereocenters. The Morgan fingerprint density at radius 2 is 1.63 bits per heavy atom. The Bertz CT molecular complexity index is 1000. The van der Waals surface area contributed by atoms with Crippen molar-refractivity contribution in [3.05, 3.63) is 93.0 Å². The van der Waals surface area contributed by atoms with E-state index in [1.54, 1.807) is 19.2 Å². The van der Waals surface area contributed by atoms with Crippen LogP contribution in [0.5, 0.6) is 11.5 Å². The SMILES string of the molecule is COc1cc(CNCc2ccc(C(=O)O)cc2)c(Br)cc1OCc1ccc(C)cc1. The van der Waals surface area contributed by atoms with E-state index in [-0.39, 0.29) is 5.56 Å². The molecule has 156 valence electrons. The summed E-state index contributed by atoms with van der Waals surface area (Å²) in [6, 6.07) is 19.0. The predicted octanol–water partition coefficient (Wildman–Crippen LogP) is 5.33. The van der Waals surface area contributed by atoms with Gasteiger partial charge in [-0.1, -0.05) is 57.9 Å². The Balaban J connectivity index is 1.61. The van der Waals surface area contributed by atoms with Gasteiger partial charge in [0.25, 0.3) is 0 Å². The van der Waals surface area contributed by atoms with Crippen molar-refractivity contribution in [1.82, 2.24) is 5.32 Å². The number of methoxy groups -OCH3 is 1. The Hall–Kier alpha value is -2.83. The summed E-state index contributed by atoms with van der Waals surface area (Å²) in [7, 11) is 1.63. The van der Waals surface area contributed by atoms with E-state index in [0.717, 1.165) is 21.2 Å². The molecular formula is C24H24BrNO4. The van der Waals surface area contributed by atoms with Gasteiger partial charge in [-0.2, -0.15) is 0 Å². The van der Waals surface area contributed by atoms with Crippen LogP contribution in [0.3, 0.4) is 0 Å². The van der Waals surface area contributed by atoms with Crippen LogP contribution >= 0.6 is 15.9 Å². The molecular weight excluding hydrogens is 446 g/mol. The summed E-state index contributed by atoms with van der Waals surface area (Å²) < 4.78 is 12.4. The fourth-order valence-corrected chi connectivity index (χ4v) is 3.40. The van der Waals surface area contributed by atoms with E-state index in [9.17, 15) is 4.79 Å². The van der Waals surface area contributed by atoms with Crippen LogP contribution in [0, 0.1) is 6.92 Å². The number of carbonyl (C=O) groups is 1. The standard InChI is InChI=1S/C24H24BrNO4/c1-16-3-5-18(6-4-16)15-30-23-12-21(25)20(11-22(23)29-2)14-26-13-17-7-9-19(10-8-17)24(27)28/h3-12,26H,13-15H2,1-2H3,(H,27,28). The number of carboxylic acid groups (broad SMARTS) is 1. The molecule has 0 radical (unpaired) electrons. The van der Waals surface area contributed by atoms with Crippen LogP contribution in [0.2, 0.25) is 0 Å². The van der Waals surface area contributed by atoms with Crippen molar-refractivity contribution >= 4 is 21.9 Å². The van der Waals surface area contributed by atoms with Gasteiger partial charge in [-0.05, 0) is 47.9 Å². The van der Waals surface area contributed by atoms with Gasteiger partial charge in [0, 0.05) is 17.6 Å². The highest BCUT2D eigenvalue weighted by Crippen LogP contribution is 2.34. The molecule has 0 heterocycles. The summed E-state index contributed by atoms with van der Waals surface area (Å²) in [6.45, 7) is 3.77. The second-order valence-electron chi connectivity index (χ2n) is 6.97. The van der Waals surface area contributed by atoms with Gasteiger partial charge in [0.05, 0.1) is 12.7 Å². The molecule has 0 bridgehead atoms. The number of rotatable bonds is 9. The van der Waals surface area contributed by atoms with Gasteiger partial charge in [0.1, 0.15) is 6.61 Å². The van der Waals surface area contributed by atoms with Crippen LogP contribution in [-0.2, 0) is 19.7 Å². The molecule has 0 amide bonds. The van der Waals surface area contributed by atoms with Crippen LogP contribution in [0.4, 0.5) is 0 Å². The zero-order valence-corrected chi connectivity index (χ0v) is 18.5. The van der Waals surface area contributed by atoms with Crippen LogP contribution in [0.15, 0.2) is 65.1 Å². The van der Waals surface area contributed by atoms with Crippen molar-refractivity contribution < 1.29 is 19.4 Å². The van der Waals surface area contributed by atoms with Gasteiger partial charge in [-0.15, -0.1) is 0 Å². The lowest BCUT2D eigenvalue weighted by Crippen LogP contribution is -2.13.